The van der Waals surface area contributed by atoms with Gasteiger partial charge in [0.15, 0.2) is 0 Å². The minimum absolute atomic E-state index is 0.122. The molecule has 1 amide bonds. The van der Waals surface area contributed by atoms with Crippen molar-refractivity contribution < 1.29 is 14.7 Å². The van der Waals surface area contributed by atoms with Gasteiger partial charge in [0.25, 0.3) is 5.91 Å². The van der Waals surface area contributed by atoms with Crippen LogP contribution in [0.4, 0.5) is 17.1 Å². The molecule has 3 aromatic carbocycles. The van der Waals surface area contributed by atoms with Gasteiger partial charge >= 0.3 is 5.97 Å². The molecule has 40 heavy (non-hydrogen) atoms. The highest BCUT2D eigenvalue weighted by atomic mass is 16.4. The van der Waals surface area contributed by atoms with Crippen LogP contribution in [0.5, 0.6) is 0 Å². The number of anilines is 3. The van der Waals surface area contributed by atoms with Crippen LogP contribution in [0.1, 0.15) is 39.9 Å². The van der Waals surface area contributed by atoms with E-state index in [2.05, 4.69) is 28.4 Å². The lowest BCUT2D eigenvalue weighted by Gasteiger charge is -2.41. The number of piperazine rings is 1. The number of carbonyl (C=O) groups excluding carboxylic acids is 1. The molecule has 0 radical (unpaired) electrons. The van der Waals surface area contributed by atoms with Gasteiger partial charge in [-0.25, -0.2) is 4.79 Å². The summed E-state index contributed by atoms with van der Waals surface area (Å²) in [7, 11) is 0. The molecule has 5 rings (SSSR count). The number of nitrogens with zero attached hydrogens (tertiary/aromatic N) is 4. The zero-order valence-electron chi connectivity index (χ0n) is 22.9. The molecular formula is C32H33N5O3. The van der Waals surface area contributed by atoms with Crippen LogP contribution >= 0.6 is 0 Å². The van der Waals surface area contributed by atoms with Crippen molar-refractivity contribution in [3.8, 4) is 6.07 Å². The minimum Gasteiger partial charge on any atom is -0.480 e. The number of carbonyl (C=O) groups is 2. The van der Waals surface area contributed by atoms with Gasteiger partial charge in [-0.2, -0.15) is 5.26 Å². The van der Waals surface area contributed by atoms with Crippen LogP contribution in [-0.2, 0) is 4.79 Å². The van der Waals surface area contributed by atoms with Crippen molar-refractivity contribution in [2.75, 3.05) is 47.8 Å². The van der Waals surface area contributed by atoms with Gasteiger partial charge in [-0.1, -0.05) is 36.4 Å². The number of aryl methyl sites for hydroxylation is 2. The second-order valence-electron chi connectivity index (χ2n) is 10.5. The molecule has 0 saturated carbocycles. The van der Waals surface area contributed by atoms with Crippen molar-refractivity contribution in [2.24, 2.45) is 0 Å². The van der Waals surface area contributed by atoms with Gasteiger partial charge in [0.05, 0.1) is 17.8 Å². The van der Waals surface area contributed by atoms with E-state index in [1.54, 1.807) is 11.0 Å². The van der Waals surface area contributed by atoms with Gasteiger partial charge in [0.2, 0.25) is 0 Å². The first-order valence-electron chi connectivity index (χ1n) is 13.6. The number of hydrogen-bond acceptors (Lipinski definition) is 6. The molecule has 1 unspecified atom stereocenters. The first-order chi connectivity index (χ1) is 19.4. The Bertz CT molecular complexity index is 1430. The Morgan fingerprint density at radius 2 is 1.73 bits per heavy atom. The van der Waals surface area contributed by atoms with E-state index in [9.17, 15) is 20.0 Å². The van der Waals surface area contributed by atoms with Crippen LogP contribution in [0.25, 0.3) is 0 Å². The lowest BCUT2D eigenvalue weighted by atomic mass is 9.99. The number of aliphatic carboxylic acids is 1. The van der Waals surface area contributed by atoms with Gasteiger partial charge < -0.3 is 25.1 Å². The summed E-state index contributed by atoms with van der Waals surface area (Å²) in [5, 5.41) is 23.1. The highest BCUT2D eigenvalue weighted by molar-refractivity contribution is 5.97. The SMILES string of the molecule is Cc1cc(C)c(C(=O)N2CCN(c3ccccc3)C(C(=O)O)C2)cc1NC1CCN(c2cc#ccc2C#N)CC1. The summed E-state index contributed by atoms with van der Waals surface area (Å²) in [6.45, 7) is 6.60. The molecule has 3 aromatic rings. The Morgan fingerprint density at radius 3 is 2.42 bits per heavy atom. The minimum atomic E-state index is -0.941. The van der Waals surface area contributed by atoms with Crippen molar-refractivity contribution in [1.82, 2.24) is 4.90 Å². The smallest absolute Gasteiger partial charge is 0.328 e. The number of piperidine rings is 1. The zero-order valence-corrected chi connectivity index (χ0v) is 22.9. The summed E-state index contributed by atoms with van der Waals surface area (Å²) in [5.41, 5.74) is 5.81. The fourth-order valence-electron chi connectivity index (χ4n) is 5.73. The number of nitrogens with one attached hydrogen (secondary N) is 1. The molecule has 0 bridgehead atoms. The molecule has 2 aliphatic heterocycles. The molecule has 8 heteroatoms. The Morgan fingerprint density at radius 1 is 1.00 bits per heavy atom. The Balaban J connectivity index is 1.27. The van der Waals surface area contributed by atoms with Crippen molar-refractivity contribution in [3.05, 3.63) is 89.0 Å². The van der Waals surface area contributed by atoms with Gasteiger partial charge in [0, 0.05) is 61.3 Å². The van der Waals surface area contributed by atoms with Crippen molar-refractivity contribution >= 4 is 28.9 Å². The van der Waals surface area contributed by atoms with E-state index in [4.69, 9.17) is 0 Å². The first-order valence-corrected chi connectivity index (χ1v) is 13.6. The third kappa shape index (κ3) is 5.53. The monoisotopic (exact) mass is 535 g/mol. The van der Waals surface area contributed by atoms with E-state index in [1.165, 1.54) is 0 Å². The van der Waals surface area contributed by atoms with Crippen molar-refractivity contribution in [1.29, 1.82) is 5.26 Å². The van der Waals surface area contributed by atoms with E-state index in [0.717, 1.165) is 54.1 Å². The maximum atomic E-state index is 13.7. The Labute approximate surface area is 235 Å². The van der Waals surface area contributed by atoms with E-state index in [-0.39, 0.29) is 18.5 Å². The Hall–Kier alpha value is -4.69. The van der Waals surface area contributed by atoms with E-state index in [0.29, 0.717) is 24.2 Å². The number of amides is 1. The first kappa shape index (κ1) is 26.9. The summed E-state index contributed by atoms with van der Waals surface area (Å²) in [4.78, 5) is 31.6. The molecule has 2 aliphatic rings. The van der Waals surface area contributed by atoms with Crippen LogP contribution in [0, 0.1) is 37.3 Å². The number of nitriles is 1. The number of para-hydroxylation sites is 1. The molecule has 2 N–H and O–H groups in total. The molecule has 0 aliphatic carbocycles. The number of benzene rings is 2. The highest BCUT2D eigenvalue weighted by Gasteiger charge is 2.35. The number of carboxylic acid groups (broad SMARTS) is 1. The normalized spacial score (nSPS) is 17.6. The fourth-order valence-corrected chi connectivity index (χ4v) is 5.73. The third-order valence-corrected chi connectivity index (χ3v) is 7.94. The van der Waals surface area contributed by atoms with Crippen molar-refractivity contribution in [3.63, 3.8) is 0 Å². The second-order valence-corrected chi connectivity index (χ2v) is 10.5. The molecule has 0 aromatic heterocycles. The highest BCUT2D eigenvalue weighted by Crippen LogP contribution is 2.28. The van der Waals surface area contributed by atoms with Gasteiger partial charge in [-0.05, 0) is 56.0 Å². The molecule has 2 heterocycles. The van der Waals surface area contributed by atoms with Gasteiger partial charge in [-0.15, -0.1) is 0 Å². The second kappa shape index (κ2) is 11.6. The summed E-state index contributed by atoms with van der Waals surface area (Å²) in [6, 6.07) is 24.4. The quantitative estimate of drug-likeness (QED) is 0.486. The lowest BCUT2D eigenvalue weighted by Crippen LogP contribution is -2.58. The van der Waals surface area contributed by atoms with Crippen molar-refractivity contribution in [2.45, 2.75) is 38.8 Å². The molecule has 0 spiro atoms. The summed E-state index contributed by atoms with van der Waals surface area (Å²) >= 11 is 0. The van der Waals surface area contributed by atoms with Gasteiger partial charge in [0.1, 0.15) is 12.1 Å². The summed E-state index contributed by atoms with van der Waals surface area (Å²) < 4.78 is 0. The predicted octanol–water partition coefficient (Wildman–Crippen LogP) is 4.27. The predicted molar refractivity (Wildman–Crippen MR) is 155 cm³/mol. The molecule has 1 atom stereocenters. The topological polar surface area (TPSA) is 99.9 Å². The van der Waals surface area contributed by atoms with Crippen LogP contribution in [0.2, 0.25) is 0 Å². The molecular weight excluding hydrogens is 502 g/mol. The van der Waals surface area contributed by atoms with Crippen LogP contribution in [-0.4, -0.2) is 66.7 Å². The third-order valence-electron chi connectivity index (χ3n) is 7.94. The summed E-state index contributed by atoms with van der Waals surface area (Å²) in [5.74, 6) is -1.08. The molecule has 204 valence electrons. The largest absolute Gasteiger partial charge is 0.480 e. The average molecular weight is 536 g/mol. The van der Waals surface area contributed by atoms with Crippen LogP contribution < -0.4 is 15.1 Å². The fraction of sp³-hybridized carbons (Fsp3) is 0.344. The van der Waals surface area contributed by atoms with Crippen LogP contribution in [0.3, 0.4) is 0 Å². The van der Waals surface area contributed by atoms with Gasteiger partial charge in [-0.3, -0.25) is 4.79 Å². The Kier molecular flexibility index (Phi) is 7.79. The molecule has 2 saturated heterocycles. The summed E-state index contributed by atoms with van der Waals surface area (Å²) in [6.07, 6.45) is 1.78. The lowest BCUT2D eigenvalue weighted by molar-refractivity contribution is -0.139. The number of carboxylic acids is 1. The molecule has 2 fully saturated rings. The van der Waals surface area contributed by atoms with E-state index >= 15 is 0 Å². The number of hydrogen-bond donors (Lipinski definition) is 2. The average Bonchev–Trinajstić information content (AvgIpc) is 2.98. The molecule has 8 nitrogen and oxygen atoms in total. The maximum absolute atomic E-state index is 13.7. The standard InChI is InChI=1S/C32H33N5O3/c1-22-18-23(2)28(34-25-12-14-35(15-13-25)29-11-7-6-8-24(29)20-33)19-27(22)31(38)36-16-17-37(30(21-36)32(39)40)26-9-4-3-5-10-26/h3-5,8-11,18-19,25,30,34H,12-17,21H2,1-2H3,(H,39,40). The number of rotatable bonds is 6. The van der Waals surface area contributed by atoms with E-state index in [1.807, 2.05) is 67.3 Å². The zero-order chi connectivity index (χ0) is 28.2. The van der Waals surface area contributed by atoms with E-state index < -0.39 is 12.0 Å². The van der Waals surface area contributed by atoms with Crippen LogP contribution in [0.15, 0.2) is 54.6 Å². The maximum Gasteiger partial charge on any atom is 0.328 e.